The second-order valence-corrected chi connectivity index (χ2v) is 8.22. The van der Waals surface area contributed by atoms with Gasteiger partial charge in [0.05, 0.1) is 5.75 Å². The van der Waals surface area contributed by atoms with Gasteiger partial charge in [0, 0.05) is 28.0 Å². The number of nitrogens with one attached hydrogen (secondary N) is 1. The molecular weight excluding hydrogens is 415 g/mol. The zero-order valence-corrected chi connectivity index (χ0v) is 18.3. The van der Waals surface area contributed by atoms with Crippen molar-refractivity contribution in [2.75, 3.05) is 12.3 Å². The number of hydrogen-bond donors (Lipinski definition) is 1. The highest BCUT2D eigenvalue weighted by atomic mass is 35.5. The average Bonchev–Trinajstić information content (AvgIpc) is 2.70. The maximum absolute atomic E-state index is 13.0. The molecule has 0 radical (unpaired) electrons. The molecule has 0 heterocycles. The van der Waals surface area contributed by atoms with Gasteiger partial charge in [-0.05, 0) is 43.2 Å². The third kappa shape index (κ3) is 6.73. The molecule has 0 aromatic heterocycles. The van der Waals surface area contributed by atoms with Gasteiger partial charge >= 0.3 is 0 Å². The van der Waals surface area contributed by atoms with Crippen molar-refractivity contribution in [1.82, 2.24) is 10.2 Å². The second kappa shape index (κ2) is 11.3. The van der Waals surface area contributed by atoms with Crippen LogP contribution in [0.1, 0.15) is 25.8 Å². The van der Waals surface area contributed by atoms with E-state index in [9.17, 15) is 9.59 Å². The van der Waals surface area contributed by atoms with Gasteiger partial charge in [-0.15, -0.1) is 11.8 Å². The van der Waals surface area contributed by atoms with E-state index in [0.29, 0.717) is 16.6 Å². The molecule has 28 heavy (non-hydrogen) atoms. The number of thioether (sulfide) groups is 1. The summed E-state index contributed by atoms with van der Waals surface area (Å²) in [6.45, 7) is 4.54. The molecule has 0 bridgehead atoms. The van der Waals surface area contributed by atoms with Gasteiger partial charge < -0.3 is 10.2 Å². The van der Waals surface area contributed by atoms with Gasteiger partial charge in [0.25, 0.3) is 0 Å². The number of halogens is 2. The van der Waals surface area contributed by atoms with Crippen LogP contribution in [0.2, 0.25) is 10.0 Å². The van der Waals surface area contributed by atoms with Crippen LogP contribution in [0.15, 0.2) is 53.4 Å². The van der Waals surface area contributed by atoms with E-state index in [1.165, 1.54) is 11.8 Å². The lowest BCUT2D eigenvalue weighted by Crippen LogP contribution is -2.48. The molecule has 0 saturated carbocycles. The van der Waals surface area contributed by atoms with Crippen molar-refractivity contribution in [3.63, 3.8) is 0 Å². The summed E-state index contributed by atoms with van der Waals surface area (Å²) in [5.41, 5.74) is 0.749. The second-order valence-electron chi connectivity index (χ2n) is 6.33. The van der Waals surface area contributed by atoms with Crippen molar-refractivity contribution in [3.05, 3.63) is 64.1 Å². The Kier molecular flexibility index (Phi) is 9.16. The van der Waals surface area contributed by atoms with E-state index >= 15 is 0 Å². The van der Waals surface area contributed by atoms with Crippen molar-refractivity contribution in [3.8, 4) is 0 Å². The minimum Gasteiger partial charge on any atom is -0.354 e. The van der Waals surface area contributed by atoms with Gasteiger partial charge in [-0.25, -0.2) is 0 Å². The van der Waals surface area contributed by atoms with Crippen molar-refractivity contribution in [2.45, 2.75) is 37.8 Å². The predicted octanol–water partition coefficient (Wildman–Crippen LogP) is 5.03. The molecular formula is C21H24Cl2N2O2S. The molecule has 0 fully saturated rings. The van der Waals surface area contributed by atoms with E-state index in [0.717, 1.165) is 16.9 Å². The molecule has 1 unspecified atom stereocenters. The van der Waals surface area contributed by atoms with Crippen molar-refractivity contribution < 1.29 is 9.59 Å². The normalized spacial score (nSPS) is 11.7. The van der Waals surface area contributed by atoms with Crippen LogP contribution in [0.5, 0.6) is 0 Å². The SMILES string of the molecule is CCCNC(=O)C(C)N(Cc1ccc(Cl)cc1Cl)C(=O)CSc1ccccc1. The molecule has 7 heteroatoms. The van der Waals surface area contributed by atoms with Gasteiger partial charge in [0.1, 0.15) is 6.04 Å². The Morgan fingerprint density at radius 3 is 2.50 bits per heavy atom. The highest BCUT2D eigenvalue weighted by molar-refractivity contribution is 8.00. The lowest BCUT2D eigenvalue weighted by molar-refractivity contribution is -0.138. The Labute approximate surface area is 180 Å². The number of carbonyl (C=O) groups excluding carboxylic acids is 2. The smallest absolute Gasteiger partial charge is 0.242 e. The molecule has 0 aliphatic rings. The molecule has 150 valence electrons. The fourth-order valence-corrected chi connectivity index (χ4v) is 3.83. The summed E-state index contributed by atoms with van der Waals surface area (Å²) in [6.07, 6.45) is 0.833. The first-order valence-corrected chi connectivity index (χ1v) is 10.9. The Morgan fingerprint density at radius 2 is 1.86 bits per heavy atom. The maximum atomic E-state index is 13.0. The summed E-state index contributed by atoms with van der Waals surface area (Å²) in [6, 6.07) is 14.2. The van der Waals surface area contributed by atoms with E-state index < -0.39 is 6.04 Å². The lowest BCUT2D eigenvalue weighted by Gasteiger charge is -2.29. The number of benzene rings is 2. The first-order chi connectivity index (χ1) is 13.4. The first kappa shape index (κ1) is 22.6. The maximum Gasteiger partial charge on any atom is 0.242 e. The van der Waals surface area contributed by atoms with Crippen molar-refractivity contribution >= 4 is 46.8 Å². The Morgan fingerprint density at radius 1 is 1.14 bits per heavy atom. The van der Waals surface area contributed by atoms with Crippen LogP contribution >= 0.6 is 35.0 Å². The standard InChI is InChI=1S/C21H24Cl2N2O2S/c1-3-11-24-21(27)15(2)25(13-16-9-10-17(22)12-19(16)23)20(26)14-28-18-7-5-4-6-8-18/h4-10,12,15H,3,11,13-14H2,1-2H3,(H,24,27). The first-order valence-electron chi connectivity index (χ1n) is 9.11. The molecule has 0 aliphatic heterocycles. The van der Waals surface area contributed by atoms with E-state index in [-0.39, 0.29) is 24.1 Å². The fraction of sp³-hybridized carbons (Fsp3) is 0.333. The molecule has 2 amide bonds. The molecule has 2 aromatic carbocycles. The van der Waals surface area contributed by atoms with Gasteiger partial charge in [-0.1, -0.05) is 54.4 Å². The molecule has 2 aromatic rings. The van der Waals surface area contributed by atoms with Gasteiger partial charge in [-0.2, -0.15) is 0 Å². The van der Waals surface area contributed by atoms with Crippen LogP contribution in [0, 0.1) is 0 Å². The summed E-state index contributed by atoms with van der Waals surface area (Å²) in [7, 11) is 0. The monoisotopic (exact) mass is 438 g/mol. The molecule has 0 saturated heterocycles. The summed E-state index contributed by atoms with van der Waals surface area (Å²) < 4.78 is 0. The topological polar surface area (TPSA) is 49.4 Å². The summed E-state index contributed by atoms with van der Waals surface area (Å²) in [5, 5.41) is 3.86. The summed E-state index contributed by atoms with van der Waals surface area (Å²) >= 11 is 13.7. The Bertz CT molecular complexity index is 802. The third-order valence-electron chi connectivity index (χ3n) is 4.18. The van der Waals surface area contributed by atoms with Gasteiger partial charge in [-0.3, -0.25) is 9.59 Å². The van der Waals surface area contributed by atoms with E-state index in [2.05, 4.69) is 5.32 Å². The highest BCUT2D eigenvalue weighted by Crippen LogP contribution is 2.24. The predicted molar refractivity (Wildman–Crippen MR) is 117 cm³/mol. The molecule has 4 nitrogen and oxygen atoms in total. The Balaban J connectivity index is 2.16. The fourth-order valence-electron chi connectivity index (χ4n) is 2.56. The number of amides is 2. The third-order valence-corrected chi connectivity index (χ3v) is 5.76. The number of hydrogen-bond acceptors (Lipinski definition) is 3. The zero-order chi connectivity index (χ0) is 20.5. The number of rotatable bonds is 9. The van der Waals surface area contributed by atoms with Crippen molar-refractivity contribution in [2.24, 2.45) is 0 Å². The lowest BCUT2D eigenvalue weighted by atomic mass is 10.1. The molecule has 0 aliphatic carbocycles. The van der Waals surface area contributed by atoms with Gasteiger partial charge in [0.15, 0.2) is 0 Å². The number of nitrogens with zero attached hydrogens (tertiary/aromatic N) is 1. The summed E-state index contributed by atoms with van der Waals surface area (Å²) in [5.74, 6) is -0.0651. The molecule has 1 atom stereocenters. The van der Waals surface area contributed by atoms with Crippen LogP contribution in [-0.4, -0.2) is 35.1 Å². The summed E-state index contributed by atoms with van der Waals surface area (Å²) in [4.78, 5) is 28.0. The van der Waals surface area contributed by atoms with Crippen LogP contribution < -0.4 is 5.32 Å². The van der Waals surface area contributed by atoms with Gasteiger partial charge in [0.2, 0.25) is 11.8 Å². The van der Waals surface area contributed by atoms with Crippen molar-refractivity contribution in [1.29, 1.82) is 0 Å². The van der Waals surface area contributed by atoms with Crippen LogP contribution in [-0.2, 0) is 16.1 Å². The minimum atomic E-state index is -0.609. The highest BCUT2D eigenvalue weighted by Gasteiger charge is 2.26. The zero-order valence-electron chi connectivity index (χ0n) is 16.0. The van der Waals surface area contributed by atoms with E-state index in [1.807, 2.05) is 37.3 Å². The molecule has 2 rings (SSSR count). The largest absolute Gasteiger partial charge is 0.354 e. The number of carbonyl (C=O) groups is 2. The van der Waals surface area contributed by atoms with Crippen LogP contribution in [0.3, 0.4) is 0 Å². The molecule has 1 N–H and O–H groups in total. The van der Waals surface area contributed by atoms with E-state index in [4.69, 9.17) is 23.2 Å². The Hall–Kier alpha value is -1.69. The minimum absolute atomic E-state index is 0.126. The van der Waals surface area contributed by atoms with Crippen LogP contribution in [0.25, 0.3) is 0 Å². The quantitative estimate of drug-likeness (QED) is 0.558. The molecule has 0 spiro atoms. The average molecular weight is 439 g/mol. The van der Waals surface area contributed by atoms with E-state index in [1.54, 1.807) is 30.0 Å². The van der Waals surface area contributed by atoms with Crippen LogP contribution in [0.4, 0.5) is 0 Å².